The van der Waals surface area contributed by atoms with Crippen LogP contribution in [0.1, 0.15) is 5.82 Å². The van der Waals surface area contributed by atoms with Gasteiger partial charge in [0.15, 0.2) is 5.82 Å². The normalized spacial score (nSPS) is 11.9. The quantitative estimate of drug-likeness (QED) is 0.382. The van der Waals surface area contributed by atoms with E-state index >= 15 is 0 Å². The van der Waals surface area contributed by atoms with E-state index in [1.54, 1.807) is 6.92 Å². The number of imidazole rings is 1. The molecule has 1 N–H and O–H groups in total. The topological polar surface area (TPSA) is 81.2 Å². The summed E-state index contributed by atoms with van der Waals surface area (Å²) in [6, 6.07) is 0. The largest absolute Gasteiger partial charge is 0.388 e. The van der Waals surface area contributed by atoms with E-state index in [4.69, 9.17) is 11.6 Å². The fourth-order valence-corrected chi connectivity index (χ4v) is 1.18. The van der Waals surface area contributed by atoms with Crippen LogP contribution in [0.3, 0.4) is 0 Å². The van der Waals surface area contributed by atoms with Crippen LogP contribution in [0.15, 0.2) is 6.20 Å². The van der Waals surface area contributed by atoms with Crippen molar-refractivity contribution in [1.29, 1.82) is 0 Å². The summed E-state index contributed by atoms with van der Waals surface area (Å²) >= 11 is 5.40. The number of aliphatic hydroxyl groups is 1. The van der Waals surface area contributed by atoms with Crippen LogP contribution in [0.25, 0.3) is 0 Å². The average molecular weight is 285 g/mol. The molecule has 0 aliphatic carbocycles. The molecule has 1 aromatic rings. The van der Waals surface area contributed by atoms with Gasteiger partial charge in [0.25, 0.3) is 0 Å². The summed E-state index contributed by atoms with van der Waals surface area (Å²) in [6.45, 7) is 1.72. The maximum absolute atomic E-state index is 10.5. The van der Waals surface area contributed by atoms with E-state index in [2.05, 4.69) is 4.98 Å². The molecule has 0 saturated heterocycles. The molecule has 1 heterocycles. The third-order valence-corrected chi connectivity index (χ3v) is 2.15. The Kier molecular flexibility index (Phi) is 5.94. The zero-order chi connectivity index (χ0) is 10.7. The first-order valence-corrected chi connectivity index (χ1v) is 4.50. The minimum absolute atomic E-state index is 0. The summed E-state index contributed by atoms with van der Waals surface area (Å²) in [4.78, 5) is 13.8. The predicted octanol–water partition coefficient (Wildman–Crippen LogP) is 0.697. The first kappa shape index (κ1) is 14.5. The van der Waals surface area contributed by atoms with Gasteiger partial charge in [0.05, 0.1) is 5.88 Å². The van der Waals surface area contributed by atoms with Gasteiger partial charge in [-0.1, -0.05) is 0 Å². The Labute approximate surface area is 104 Å². The summed E-state index contributed by atoms with van der Waals surface area (Å²) in [6.07, 6.45) is 0.360. The van der Waals surface area contributed by atoms with Crippen molar-refractivity contribution in [2.75, 3.05) is 5.88 Å². The van der Waals surface area contributed by atoms with Crippen LogP contribution in [-0.2, 0) is 26.0 Å². The van der Waals surface area contributed by atoms with Gasteiger partial charge in [0.2, 0.25) is 0 Å². The molecule has 0 aliphatic rings. The predicted molar refractivity (Wildman–Crippen MR) is 50.3 cm³/mol. The van der Waals surface area contributed by atoms with Crippen molar-refractivity contribution in [2.45, 2.75) is 19.6 Å². The molecule has 0 bridgehead atoms. The van der Waals surface area contributed by atoms with Crippen molar-refractivity contribution in [3.8, 4) is 0 Å². The van der Waals surface area contributed by atoms with Crippen molar-refractivity contribution in [3.05, 3.63) is 22.1 Å². The minimum Gasteiger partial charge on any atom is -0.388 e. The molecule has 0 radical (unpaired) electrons. The van der Waals surface area contributed by atoms with Crippen LogP contribution in [0.5, 0.6) is 0 Å². The van der Waals surface area contributed by atoms with Crippen LogP contribution in [-0.4, -0.2) is 31.6 Å². The summed E-state index contributed by atoms with van der Waals surface area (Å²) < 4.78 is 1.33. The molecule has 15 heavy (non-hydrogen) atoms. The van der Waals surface area contributed by atoms with Crippen LogP contribution in [0, 0.1) is 17.0 Å². The summed E-state index contributed by atoms with van der Waals surface area (Å²) in [5, 5.41) is 19.8. The SMILES string of the molecule is Cc1ncc([N+](=O)[O-])n1CC(O)CCl.[Zn]. The van der Waals surface area contributed by atoms with E-state index in [9.17, 15) is 15.2 Å². The number of aliphatic hydroxyl groups excluding tert-OH is 1. The molecule has 0 spiro atoms. The van der Waals surface area contributed by atoms with Gasteiger partial charge in [-0.2, -0.15) is 0 Å². The Morgan fingerprint density at radius 3 is 2.87 bits per heavy atom. The number of alkyl halides is 1. The number of nitrogens with zero attached hydrogens (tertiary/aromatic N) is 3. The van der Waals surface area contributed by atoms with E-state index < -0.39 is 11.0 Å². The summed E-state index contributed by atoms with van der Waals surface area (Å²) in [7, 11) is 0. The number of aryl methyl sites for hydroxylation is 1. The van der Waals surface area contributed by atoms with E-state index in [0.717, 1.165) is 6.20 Å². The molecule has 1 aromatic heterocycles. The molecule has 8 heteroatoms. The molecule has 80 valence electrons. The molecule has 0 aromatic carbocycles. The molecule has 0 amide bonds. The average Bonchev–Trinajstić information content (AvgIpc) is 2.48. The maximum atomic E-state index is 10.5. The molecule has 0 aliphatic heterocycles. The van der Waals surface area contributed by atoms with E-state index in [1.165, 1.54) is 4.57 Å². The second kappa shape index (κ2) is 6.15. The number of rotatable bonds is 4. The molecule has 0 saturated carbocycles. The number of hydrogen-bond donors (Lipinski definition) is 1. The molecular weight excluding hydrogens is 275 g/mol. The Morgan fingerprint density at radius 1 is 1.80 bits per heavy atom. The number of aromatic nitrogens is 2. The smallest absolute Gasteiger partial charge is 0.342 e. The van der Waals surface area contributed by atoms with Crippen molar-refractivity contribution < 1.29 is 29.5 Å². The van der Waals surface area contributed by atoms with Gasteiger partial charge in [-0.25, -0.2) is 9.55 Å². The van der Waals surface area contributed by atoms with Crippen LogP contribution < -0.4 is 0 Å². The first-order chi connectivity index (χ1) is 6.56. The van der Waals surface area contributed by atoms with Gasteiger partial charge < -0.3 is 15.2 Å². The maximum Gasteiger partial charge on any atom is 0.342 e. The minimum atomic E-state index is -0.803. The number of nitro groups is 1. The van der Waals surface area contributed by atoms with Crippen molar-refractivity contribution >= 4 is 17.4 Å². The molecule has 1 unspecified atom stereocenters. The van der Waals surface area contributed by atoms with Crippen LogP contribution in [0.2, 0.25) is 0 Å². The van der Waals surface area contributed by atoms with Crippen molar-refractivity contribution in [1.82, 2.24) is 9.55 Å². The second-order valence-corrected chi connectivity index (χ2v) is 3.15. The Morgan fingerprint density at radius 2 is 2.40 bits per heavy atom. The Balaban J connectivity index is 0.00000196. The summed E-state index contributed by atoms with van der Waals surface area (Å²) in [5.41, 5.74) is 0. The molecule has 1 atom stereocenters. The number of halogens is 1. The van der Waals surface area contributed by atoms with E-state index in [-0.39, 0.29) is 37.7 Å². The van der Waals surface area contributed by atoms with Gasteiger partial charge >= 0.3 is 5.82 Å². The molecule has 6 nitrogen and oxygen atoms in total. The Hall–Kier alpha value is -0.517. The standard InChI is InChI=1S/C7H10ClN3O3.Zn/c1-5-9-3-7(11(13)14)10(5)4-6(12)2-8;/h3,6,12H,2,4H2,1H3;. The molecular formula is C7H10ClN3O3Zn. The monoisotopic (exact) mass is 283 g/mol. The van der Waals surface area contributed by atoms with Gasteiger partial charge in [-0.05, 0) is 4.92 Å². The van der Waals surface area contributed by atoms with Gasteiger partial charge in [-0.3, -0.25) is 0 Å². The number of hydrogen-bond acceptors (Lipinski definition) is 4. The van der Waals surface area contributed by atoms with Crippen molar-refractivity contribution in [3.63, 3.8) is 0 Å². The summed E-state index contributed by atoms with van der Waals surface area (Å²) in [5.74, 6) is 0.391. The first-order valence-electron chi connectivity index (χ1n) is 3.96. The zero-order valence-corrected chi connectivity index (χ0v) is 12.0. The van der Waals surface area contributed by atoms with Gasteiger partial charge in [0, 0.05) is 26.4 Å². The fourth-order valence-electron chi connectivity index (χ4n) is 1.09. The molecule has 1 rings (SSSR count). The van der Waals surface area contributed by atoms with E-state index in [1.807, 2.05) is 0 Å². The van der Waals surface area contributed by atoms with Crippen LogP contribution >= 0.6 is 11.6 Å². The van der Waals surface area contributed by atoms with Gasteiger partial charge in [0.1, 0.15) is 18.8 Å². The third kappa shape index (κ3) is 3.52. The second-order valence-electron chi connectivity index (χ2n) is 2.84. The molecule has 0 fully saturated rings. The Bertz CT molecular complexity index is 344. The fraction of sp³-hybridized carbons (Fsp3) is 0.571. The van der Waals surface area contributed by atoms with E-state index in [0.29, 0.717) is 5.82 Å². The van der Waals surface area contributed by atoms with Crippen molar-refractivity contribution in [2.24, 2.45) is 0 Å². The van der Waals surface area contributed by atoms with Crippen LogP contribution in [0.4, 0.5) is 5.82 Å². The zero-order valence-electron chi connectivity index (χ0n) is 8.26. The third-order valence-electron chi connectivity index (χ3n) is 1.79. The van der Waals surface area contributed by atoms with Gasteiger partial charge in [-0.15, -0.1) is 11.6 Å².